The minimum Gasteiger partial charge on any atom is -0.371 e. The van der Waals surface area contributed by atoms with E-state index in [9.17, 15) is 4.79 Å². The maximum Gasteiger partial charge on any atom is 0.230 e. The SMILES string of the molecule is Cc1nc2c([nH]1)-c1cc(Cl)ccc1N(C(=O)C1CCN(c3ccccc3C)CC1)CC2. The zero-order valence-electron chi connectivity index (χ0n) is 18.0. The van der Waals surface area contributed by atoms with E-state index < -0.39 is 0 Å². The van der Waals surface area contributed by atoms with Crippen molar-refractivity contribution in [3.05, 3.63) is 64.6 Å². The third-order valence-electron chi connectivity index (χ3n) is 6.55. The number of carbonyl (C=O) groups excluding carboxylic acids is 1. The van der Waals surface area contributed by atoms with Crippen LogP contribution in [0.5, 0.6) is 0 Å². The Morgan fingerprint density at radius 2 is 1.84 bits per heavy atom. The Bertz CT molecular complexity index is 1130. The molecule has 0 unspecified atom stereocenters. The summed E-state index contributed by atoms with van der Waals surface area (Å²) in [6.45, 7) is 6.56. The standard InChI is InChI=1S/C25H27ClN4O/c1-16-5-3-4-6-22(16)29-12-9-18(10-13-29)25(31)30-14-11-21-24(28-17(2)27-21)20-15-19(26)7-8-23(20)30/h3-8,15,18H,9-14H2,1-2H3,(H,27,28). The summed E-state index contributed by atoms with van der Waals surface area (Å²) in [5.74, 6) is 1.14. The van der Waals surface area contributed by atoms with Crippen molar-refractivity contribution in [2.45, 2.75) is 33.1 Å². The summed E-state index contributed by atoms with van der Waals surface area (Å²) in [4.78, 5) is 26.0. The molecule has 1 saturated heterocycles. The highest BCUT2D eigenvalue weighted by atomic mass is 35.5. The predicted octanol–water partition coefficient (Wildman–Crippen LogP) is 5.15. The number of amides is 1. The monoisotopic (exact) mass is 434 g/mol. The van der Waals surface area contributed by atoms with Crippen molar-refractivity contribution in [2.24, 2.45) is 5.92 Å². The van der Waals surface area contributed by atoms with Gasteiger partial charge in [0.15, 0.2) is 0 Å². The first kappa shape index (κ1) is 20.1. The van der Waals surface area contributed by atoms with E-state index in [0.29, 0.717) is 11.6 Å². The van der Waals surface area contributed by atoms with Crippen molar-refractivity contribution in [2.75, 3.05) is 29.4 Å². The molecule has 160 valence electrons. The third-order valence-corrected chi connectivity index (χ3v) is 6.79. The number of nitrogens with one attached hydrogen (secondary N) is 1. The van der Waals surface area contributed by atoms with Crippen LogP contribution in [0.2, 0.25) is 5.02 Å². The van der Waals surface area contributed by atoms with E-state index in [1.54, 1.807) is 0 Å². The molecule has 1 aromatic heterocycles. The second-order valence-electron chi connectivity index (χ2n) is 8.59. The molecule has 2 aliphatic rings. The molecule has 0 atom stereocenters. The number of benzene rings is 2. The van der Waals surface area contributed by atoms with E-state index in [1.165, 1.54) is 11.3 Å². The van der Waals surface area contributed by atoms with Gasteiger partial charge in [-0.1, -0.05) is 29.8 Å². The molecule has 2 aliphatic heterocycles. The predicted molar refractivity (Wildman–Crippen MR) is 126 cm³/mol. The number of aromatic amines is 1. The molecule has 0 bridgehead atoms. The fraction of sp³-hybridized carbons (Fsp3) is 0.360. The lowest BCUT2D eigenvalue weighted by Gasteiger charge is -2.36. The smallest absolute Gasteiger partial charge is 0.230 e. The van der Waals surface area contributed by atoms with Gasteiger partial charge in [-0.25, -0.2) is 4.98 Å². The summed E-state index contributed by atoms with van der Waals surface area (Å²) in [6, 6.07) is 14.3. The van der Waals surface area contributed by atoms with Gasteiger partial charge in [-0.15, -0.1) is 0 Å². The molecule has 1 fully saturated rings. The van der Waals surface area contributed by atoms with Crippen molar-refractivity contribution in [1.82, 2.24) is 9.97 Å². The molecule has 0 spiro atoms. The van der Waals surface area contributed by atoms with Gasteiger partial charge in [0.2, 0.25) is 5.91 Å². The average Bonchev–Trinajstić information content (AvgIpc) is 3.08. The van der Waals surface area contributed by atoms with Crippen molar-refractivity contribution < 1.29 is 4.79 Å². The van der Waals surface area contributed by atoms with Crippen molar-refractivity contribution in [1.29, 1.82) is 0 Å². The quantitative estimate of drug-likeness (QED) is 0.606. The molecule has 0 aliphatic carbocycles. The van der Waals surface area contributed by atoms with Crippen LogP contribution in [-0.4, -0.2) is 35.5 Å². The summed E-state index contributed by atoms with van der Waals surface area (Å²) in [7, 11) is 0. The van der Waals surface area contributed by atoms with Crippen molar-refractivity contribution in [3.63, 3.8) is 0 Å². The molecule has 2 aromatic carbocycles. The number of para-hydroxylation sites is 1. The molecular weight excluding hydrogens is 408 g/mol. The minimum absolute atomic E-state index is 0.0370. The fourth-order valence-electron chi connectivity index (χ4n) is 4.96. The first-order valence-corrected chi connectivity index (χ1v) is 11.4. The number of anilines is 2. The van der Waals surface area contributed by atoms with Crippen molar-refractivity contribution >= 4 is 28.9 Å². The first-order valence-electron chi connectivity index (χ1n) is 11.0. The van der Waals surface area contributed by atoms with Crippen LogP contribution in [0.3, 0.4) is 0 Å². The Balaban J connectivity index is 1.38. The van der Waals surface area contributed by atoms with Crippen LogP contribution in [-0.2, 0) is 11.2 Å². The number of nitrogens with zero attached hydrogens (tertiary/aromatic N) is 3. The van der Waals surface area contributed by atoms with Gasteiger partial charge in [-0.3, -0.25) is 4.79 Å². The Morgan fingerprint density at radius 3 is 2.61 bits per heavy atom. The highest BCUT2D eigenvalue weighted by Gasteiger charge is 2.33. The van der Waals surface area contributed by atoms with Gasteiger partial charge in [0.05, 0.1) is 17.1 Å². The highest BCUT2D eigenvalue weighted by molar-refractivity contribution is 6.31. The third kappa shape index (κ3) is 3.72. The molecule has 0 saturated carbocycles. The lowest BCUT2D eigenvalue weighted by atomic mass is 9.94. The number of fused-ring (bicyclic) bond motifs is 3. The minimum atomic E-state index is 0.0370. The lowest BCUT2D eigenvalue weighted by Crippen LogP contribution is -2.43. The Kier molecular flexibility index (Phi) is 5.22. The van der Waals surface area contributed by atoms with E-state index in [4.69, 9.17) is 11.6 Å². The fourth-order valence-corrected chi connectivity index (χ4v) is 5.13. The number of halogens is 1. The maximum atomic E-state index is 13.6. The van der Waals surface area contributed by atoms with Gasteiger partial charge in [-0.05, 0) is 56.5 Å². The van der Waals surface area contributed by atoms with Crippen LogP contribution < -0.4 is 9.80 Å². The topological polar surface area (TPSA) is 52.2 Å². The van der Waals surface area contributed by atoms with E-state index in [1.807, 2.05) is 30.0 Å². The lowest BCUT2D eigenvalue weighted by molar-refractivity contribution is -0.122. The van der Waals surface area contributed by atoms with E-state index in [-0.39, 0.29) is 11.8 Å². The zero-order chi connectivity index (χ0) is 21.5. The van der Waals surface area contributed by atoms with Crippen LogP contribution >= 0.6 is 11.6 Å². The molecule has 0 radical (unpaired) electrons. The highest BCUT2D eigenvalue weighted by Crippen LogP contribution is 2.38. The average molecular weight is 435 g/mol. The summed E-state index contributed by atoms with van der Waals surface area (Å²) < 4.78 is 0. The van der Waals surface area contributed by atoms with Crippen LogP contribution in [0.1, 0.15) is 29.9 Å². The Hall–Kier alpha value is -2.79. The van der Waals surface area contributed by atoms with Gasteiger partial charge in [0, 0.05) is 48.2 Å². The Morgan fingerprint density at radius 1 is 1.06 bits per heavy atom. The number of imidazole rings is 1. The van der Waals surface area contributed by atoms with Crippen LogP contribution in [0.4, 0.5) is 11.4 Å². The second kappa shape index (κ2) is 8.04. The molecule has 5 nitrogen and oxygen atoms in total. The molecule has 6 heteroatoms. The largest absolute Gasteiger partial charge is 0.371 e. The number of H-pyrrole nitrogens is 1. The van der Waals surface area contributed by atoms with E-state index in [0.717, 1.165) is 60.8 Å². The normalized spacial score (nSPS) is 16.6. The molecule has 1 N–H and O–H groups in total. The van der Waals surface area contributed by atoms with Gasteiger partial charge < -0.3 is 14.8 Å². The number of hydrogen-bond acceptors (Lipinski definition) is 3. The summed E-state index contributed by atoms with van der Waals surface area (Å²) >= 11 is 6.32. The number of aryl methyl sites for hydroxylation is 2. The number of rotatable bonds is 2. The first-order chi connectivity index (χ1) is 15.0. The number of piperidine rings is 1. The van der Waals surface area contributed by atoms with Crippen LogP contribution in [0, 0.1) is 19.8 Å². The van der Waals surface area contributed by atoms with Crippen LogP contribution in [0.25, 0.3) is 11.3 Å². The number of carbonyl (C=O) groups is 1. The second-order valence-corrected chi connectivity index (χ2v) is 9.03. The van der Waals surface area contributed by atoms with E-state index in [2.05, 4.69) is 46.1 Å². The molecule has 5 rings (SSSR count). The molecular formula is C25H27ClN4O. The molecule has 1 amide bonds. The molecule has 3 heterocycles. The zero-order valence-corrected chi connectivity index (χ0v) is 18.7. The molecule has 31 heavy (non-hydrogen) atoms. The van der Waals surface area contributed by atoms with Crippen molar-refractivity contribution in [3.8, 4) is 11.3 Å². The van der Waals surface area contributed by atoms with Gasteiger partial charge in [-0.2, -0.15) is 0 Å². The number of aromatic nitrogens is 2. The van der Waals surface area contributed by atoms with Gasteiger partial charge >= 0.3 is 0 Å². The summed E-state index contributed by atoms with van der Waals surface area (Å²) in [6.07, 6.45) is 2.48. The summed E-state index contributed by atoms with van der Waals surface area (Å²) in [5.41, 5.74) is 6.45. The Labute approximate surface area is 188 Å². The van der Waals surface area contributed by atoms with Gasteiger partial charge in [0.1, 0.15) is 5.82 Å². The van der Waals surface area contributed by atoms with Crippen LogP contribution in [0.15, 0.2) is 42.5 Å². The number of hydrogen-bond donors (Lipinski definition) is 1. The molecule has 3 aromatic rings. The van der Waals surface area contributed by atoms with Gasteiger partial charge in [0.25, 0.3) is 0 Å². The summed E-state index contributed by atoms with van der Waals surface area (Å²) in [5, 5.41) is 0.665. The van der Waals surface area contributed by atoms with E-state index >= 15 is 0 Å². The maximum absolute atomic E-state index is 13.6.